The van der Waals surface area contributed by atoms with Crippen LogP contribution in [0.1, 0.15) is 10.4 Å². The fourth-order valence-corrected chi connectivity index (χ4v) is 1.57. The lowest BCUT2D eigenvalue weighted by Crippen LogP contribution is -2.18. The smallest absolute Gasteiger partial charge is 0.323 e. The van der Waals surface area contributed by atoms with Crippen LogP contribution in [-0.4, -0.2) is 16.5 Å². The molecule has 1 aromatic carbocycles. The van der Waals surface area contributed by atoms with Gasteiger partial charge >= 0.3 is 6.03 Å². The van der Waals surface area contributed by atoms with E-state index in [1.807, 2.05) is 0 Å². The highest BCUT2D eigenvalue weighted by Gasteiger charge is 2.10. The van der Waals surface area contributed by atoms with Crippen LogP contribution in [0.5, 0.6) is 0 Å². The predicted molar refractivity (Wildman–Crippen MR) is 55.4 cm³/mol. The van der Waals surface area contributed by atoms with E-state index in [2.05, 4.69) is 0 Å². The van der Waals surface area contributed by atoms with Gasteiger partial charge in [-0.05, 0) is 18.2 Å². The fraction of sp³-hybridized carbons (Fsp3) is 0. The van der Waals surface area contributed by atoms with Crippen LogP contribution in [0.3, 0.4) is 0 Å². The molecule has 2 rings (SSSR count). The number of fused-ring (bicyclic) bond motifs is 1. The summed E-state index contributed by atoms with van der Waals surface area (Å²) in [5.74, 6) is -0.525. The van der Waals surface area contributed by atoms with Crippen molar-refractivity contribution in [3.8, 4) is 0 Å². The van der Waals surface area contributed by atoms with Crippen molar-refractivity contribution in [2.45, 2.75) is 0 Å². The standard InChI is InChI=1S/C10H9N3O2/c11-9(14)7-2-1-3-8-6(7)4-5-13(8)10(12)15/h1-5H,(H2,11,14)(H2,12,15). The maximum absolute atomic E-state index is 11.1. The third-order valence-corrected chi connectivity index (χ3v) is 2.24. The third-order valence-electron chi connectivity index (χ3n) is 2.24. The second kappa shape index (κ2) is 3.13. The summed E-state index contributed by atoms with van der Waals surface area (Å²) in [4.78, 5) is 22.1. The molecule has 0 aliphatic carbocycles. The lowest BCUT2D eigenvalue weighted by Gasteiger charge is -2.00. The van der Waals surface area contributed by atoms with Gasteiger partial charge in [-0.2, -0.15) is 0 Å². The number of benzene rings is 1. The van der Waals surface area contributed by atoms with Crippen LogP contribution in [0.4, 0.5) is 4.79 Å². The molecule has 1 aromatic heterocycles. The van der Waals surface area contributed by atoms with Crippen LogP contribution in [0, 0.1) is 0 Å². The van der Waals surface area contributed by atoms with Crippen LogP contribution >= 0.6 is 0 Å². The van der Waals surface area contributed by atoms with Crippen LogP contribution in [0.15, 0.2) is 30.5 Å². The van der Waals surface area contributed by atoms with E-state index < -0.39 is 11.9 Å². The molecule has 0 spiro atoms. The van der Waals surface area contributed by atoms with Crippen molar-refractivity contribution in [3.63, 3.8) is 0 Å². The average molecular weight is 203 g/mol. The second-order valence-corrected chi connectivity index (χ2v) is 3.13. The van der Waals surface area contributed by atoms with Crippen LogP contribution in [-0.2, 0) is 0 Å². The van der Waals surface area contributed by atoms with Crippen LogP contribution in [0.25, 0.3) is 10.9 Å². The first-order valence-corrected chi connectivity index (χ1v) is 4.31. The minimum atomic E-state index is -0.591. The Morgan fingerprint density at radius 1 is 1.13 bits per heavy atom. The first-order valence-electron chi connectivity index (χ1n) is 4.31. The molecule has 4 N–H and O–H groups in total. The number of carbonyl (C=O) groups excluding carboxylic acids is 2. The van der Waals surface area contributed by atoms with Crippen molar-refractivity contribution in [2.24, 2.45) is 11.5 Å². The minimum absolute atomic E-state index is 0.382. The molecule has 76 valence electrons. The second-order valence-electron chi connectivity index (χ2n) is 3.13. The molecule has 5 nitrogen and oxygen atoms in total. The molecular weight excluding hydrogens is 194 g/mol. The number of aromatic nitrogens is 1. The average Bonchev–Trinajstić information content (AvgIpc) is 2.59. The molecule has 0 atom stereocenters. The van der Waals surface area contributed by atoms with Gasteiger partial charge in [-0.15, -0.1) is 0 Å². The largest absolute Gasteiger partial charge is 0.366 e. The molecule has 0 aliphatic heterocycles. The number of rotatable bonds is 1. The molecule has 0 aliphatic rings. The Hall–Kier alpha value is -2.30. The van der Waals surface area contributed by atoms with E-state index in [0.29, 0.717) is 16.5 Å². The molecule has 0 saturated carbocycles. The molecule has 0 bridgehead atoms. The number of amides is 2. The lowest BCUT2D eigenvalue weighted by atomic mass is 10.1. The molecule has 0 saturated heterocycles. The summed E-state index contributed by atoms with van der Waals surface area (Å²) in [6.45, 7) is 0. The molecule has 2 aromatic rings. The van der Waals surface area contributed by atoms with E-state index in [-0.39, 0.29) is 0 Å². The summed E-state index contributed by atoms with van der Waals surface area (Å²) >= 11 is 0. The molecule has 15 heavy (non-hydrogen) atoms. The zero-order valence-electron chi connectivity index (χ0n) is 7.81. The van der Waals surface area contributed by atoms with Gasteiger partial charge in [0.1, 0.15) is 0 Å². The van der Waals surface area contributed by atoms with E-state index in [0.717, 1.165) is 0 Å². The fourth-order valence-electron chi connectivity index (χ4n) is 1.57. The Kier molecular flexibility index (Phi) is 1.93. The van der Waals surface area contributed by atoms with Crippen LogP contribution < -0.4 is 11.5 Å². The molecule has 5 heteroatoms. The molecule has 1 heterocycles. The third kappa shape index (κ3) is 1.34. The Morgan fingerprint density at radius 3 is 2.47 bits per heavy atom. The molecule has 0 fully saturated rings. The lowest BCUT2D eigenvalue weighted by molar-refractivity contribution is 0.100. The van der Waals surface area contributed by atoms with Crippen LogP contribution in [0.2, 0.25) is 0 Å². The molecular formula is C10H9N3O2. The van der Waals surface area contributed by atoms with Gasteiger partial charge in [0, 0.05) is 17.1 Å². The van der Waals surface area contributed by atoms with Gasteiger partial charge in [0.05, 0.1) is 5.52 Å². The highest BCUT2D eigenvalue weighted by molar-refractivity contribution is 6.07. The van der Waals surface area contributed by atoms with Crippen molar-refractivity contribution in [1.29, 1.82) is 0 Å². The first kappa shape index (κ1) is 9.26. The number of carbonyl (C=O) groups is 2. The van der Waals surface area contributed by atoms with Gasteiger partial charge in [0.25, 0.3) is 0 Å². The van der Waals surface area contributed by atoms with Gasteiger partial charge in [0.2, 0.25) is 5.91 Å². The normalized spacial score (nSPS) is 10.4. The number of primary amides is 2. The maximum atomic E-state index is 11.1. The molecule has 0 unspecified atom stereocenters. The number of hydrogen-bond acceptors (Lipinski definition) is 2. The summed E-state index contributed by atoms with van der Waals surface area (Å²) in [6.07, 6.45) is 1.51. The Labute approximate surface area is 85.3 Å². The summed E-state index contributed by atoms with van der Waals surface area (Å²) in [7, 11) is 0. The first-order chi connectivity index (χ1) is 7.11. The van der Waals surface area contributed by atoms with Crippen molar-refractivity contribution in [1.82, 2.24) is 4.57 Å². The van der Waals surface area contributed by atoms with Gasteiger partial charge in [-0.25, -0.2) is 4.79 Å². The summed E-state index contributed by atoms with van der Waals surface area (Å²) in [6, 6.07) is 6.01. The highest BCUT2D eigenvalue weighted by atomic mass is 16.2. The summed E-state index contributed by atoms with van der Waals surface area (Å²) in [5.41, 5.74) is 11.3. The number of nitrogens with two attached hydrogens (primary N) is 2. The minimum Gasteiger partial charge on any atom is -0.366 e. The quantitative estimate of drug-likeness (QED) is 0.712. The Morgan fingerprint density at radius 2 is 1.87 bits per heavy atom. The van der Waals surface area contributed by atoms with E-state index >= 15 is 0 Å². The van der Waals surface area contributed by atoms with Crippen molar-refractivity contribution in [2.75, 3.05) is 0 Å². The van der Waals surface area contributed by atoms with Crippen molar-refractivity contribution >= 4 is 22.8 Å². The SMILES string of the molecule is NC(=O)c1cccc2c1ccn2C(N)=O. The van der Waals surface area contributed by atoms with E-state index in [1.165, 1.54) is 10.8 Å². The monoisotopic (exact) mass is 203 g/mol. The Bertz CT molecular complexity index is 557. The van der Waals surface area contributed by atoms with E-state index in [4.69, 9.17) is 11.5 Å². The van der Waals surface area contributed by atoms with E-state index in [1.54, 1.807) is 24.3 Å². The maximum Gasteiger partial charge on any atom is 0.323 e. The highest BCUT2D eigenvalue weighted by Crippen LogP contribution is 2.19. The summed E-state index contributed by atoms with van der Waals surface area (Å²) in [5, 5.41) is 0.629. The van der Waals surface area contributed by atoms with Gasteiger partial charge in [-0.1, -0.05) is 6.07 Å². The van der Waals surface area contributed by atoms with E-state index in [9.17, 15) is 9.59 Å². The molecule has 2 amide bonds. The number of nitrogens with zero attached hydrogens (tertiary/aromatic N) is 1. The van der Waals surface area contributed by atoms with Gasteiger partial charge < -0.3 is 11.5 Å². The summed E-state index contributed by atoms with van der Waals surface area (Å²) < 4.78 is 1.27. The molecule has 0 radical (unpaired) electrons. The van der Waals surface area contributed by atoms with Gasteiger partial charge in [-0.3, -0.25) is 9.36 Å². The zero-order chi connectivity index (χ0) is 11.0. The van der Waals surface area contributed by atoms with Crippen molar-refractivity contribution < 1.29 is 9.59 Å². The Balaban J connectivity index is 2.80. The topological polar surface area (TPSA) is 91.1 Å². The predicted octanol–water partition coefficient (Wildman–Crippen LogP) is 0.667. The van der Waals surface area contributed by atoms with Crippen molar-refractivity contribution in [3.05, 3.63) is 36.0 Å². The zero-order valence-corrected chi connectivity index (χ0v) is 7.81. The number of hydrogen-bond donors (Lipinski definition) is 2. The van der Waals surface area contributed by atoms with Gasteiger partial charge in [0.15, 0.2) is 0 Å².